The average Bonchev–Trinajstić information content (AvgIpc) is 2.48. The SMILES string of the molecule is Cc1cc(C)c(C(C)NCCOc2ccccc2)cc1C. The van der Waals surface area contributed by atoms with Crippen molar-refractivity contribution < 1.29 is 4.74 Å². The second-order valence-electron chi connectivity index (χ2n) is 5.63. The number of nitrogens with one attached hydrogen (secondary N) is 1. The van der Waals surface area contributed by atoms with E-state index in [9.17, 15) is 0 Å². The van der Waals surface area contributed by atoms with E-state index < -0.39 is 0 Å². The Bertz CT molecular complexity index is 578. The van der Waals surface area contributed by atoms with Crippen molar-refractivity contribution in [2.24, 2.45) is 0 Å². The summed E-state index contributed by atoms with van der Waals surface area (Å²) in [5.41, 5.74) is 5.43. The number of rotatable bonds is 6. The van der Waals surface area contributed by atoms with Gasteiger partial charge in [0.25, 0.3) is 0 Å². The first kappa shape index (κ1) is 15.6. The third-order valence-corrected chi connectivity index (χ3v) is 3.91. The lowest BCUT2D eigenvalue weighted by molar-refractivity contribution is 0.307. The Balaban J connectivity index is 1.85. The van der Waals surface area contributed by atoms with Crippen molar-refractivity contribution in [1.29, 1.82) is 0 Å². The zero-order chi connectivity index (χ0) is 15.2. The van der Waals surface area contributed by atoms with Gasteiger partial charge in [0.2, 0.25) is 0 Å². The van der Waals surface area contributed by atoms with Crippen LogP contribution in [-0.4, -0.2) is 13.2 Å². The molecule has 0 aliphatic rings. The second kappa shape index (κ2) is 7.28. The minimum absolute atomic E-state index is 0.337. The molecule has 21 heavy (non-hydrogen) atoms. The summed E-state index contributed by atoms with van der Waals surface area (Å²) >= 11 is 0. The van der Waals surface area contributed by atoms with Crippen molar-refractivity contribution in [2.45, 2.75) is 33.7 Å². The highest BCUT2D eigenvalue weighted by Crippen LogP contribution is 2.21. The van der Waals surface area contributed by atoms with Crippen molar-refractivity contribution in [3.05, 3.63) is 64.7 Å². The van der Waals surface area contributed by atoms with Crippen molar-refractivity contribution >= 4 is 0 Å². The van der Waals surface area contributed by atoms with Gasteiger partial charge >= 0.3 is 0 Å². The summed E-state index contributed by atoms with van der Waals surface area (Å²) in [5.74, 6) is 0.925. The molecular weight excluding hydrogens is 258 g/mol. The third kappa shape index (κ3) is 4.33. The minimum atomic E-state index is 0.337. The van der Waals surface area contributed by atoms with Crippen LogP contribution in [0.5, 0.6) is 5.75 Å². The fourth-order valence-corrected chi connectivity index (χ4v) is 2.52. The van der Waals surface area contributed by atoms with Gasteiger partial charge in [0.05, 0.1) is 0 Å². The van der Waals surface area contributed by atoms with Crippen molar-refractivity contribution in [3.63, 3.8) is 0 Å². The third-order valence-electron chi connectivity index (χ3n) is 3.91. The van der Waals surface area contributed by atoms with Crippen LogP contribution in [0, 0.1) is 20.8 Å². The van der Waals surface area contributed by atoms with Gasteiger partial charge in [-0.15, -0.1) is 0 Å². The molecule has 2 rings (SSSR count). The van der Waals surface area contributed by atoms with E-state index in [1.165, 1.54) is 22.3 Å². The topological polar surface area (TPSA) is 21.3 Å². The van der Waals surface area contributed by atoms with Crippen LogP contribution in [-0.2, 0) is 0 Å². The van der Waals surface area contributed by atoms with E-state index in [0.29, 0.717) is 12.6 Å². The Kier molecular flexibility index (Phi) is 5.40. The maximum Gasteiger partial charge on any atom is 0.119 e. The number of para-hydroxylation sites is 1. The van der Waals surface area contributed by atoms with Crippen LogP contribution >= 0.6 is 0 Å². The van der Waals surface area contributed by atoms with Gasteiger partial charge in [-0.1, -0.05) is 30.3 Å². The van der Waals surface area contributed by atoms with Crippen molar-refractivity contribution in [3.8, 4) is 5.75 Å². The lowest BCUT2D eigenvalue weighted by atomic mass is 9.96. The summed E-state index contributed by atoms with van der Waals surface area (Å²) in [6.45, 7) is 10.2. The van der Waals surface area contributed by atoms with Gasteiger partial charge in [0, 0.05) is 12.6 Å². The van der Waals surface area contributed by atoms with Crippen LogP contribution in [0.15, 0.2) is 42.5 Å². The van der Waals surface area contributed by atoms with E-state index in [-0.39, 0.29) is 0 Å². The monoisotopic (exact) mass is 283 g/mol. The minimum Gasteiger partial charge on any atom is -0.492 e. The van der Waals surface area contributed by atoms with Gasteiger partial charge in [-0.05, 0) is 62.1 Å². The van der Waals surface area contributed by atoms with Crippen LogP contribution < -0.4 is 10.1 Å². The molecule has 0 amide bonds. The lowest BCUT2D eigenvalue weighted by Gasteiger charge is -2.18. The number of hydrogen-bond donors (Lipinski definition) is 1. The Hall–Kier alpha value is -1.80. The van der Waals surface area contributed by atoms with Crippen molar-refractivity contribution in [2.75, 3.05) is 13.2 Å². The molecule has 0 radical (unpaired) electrons. The van der Waals surface area contributed by atoms with Gasteiger partial charge < -0.3 is 10.1 Å². The number of aryl methyl sites for hydroxylation is 3. The molecule has 0 aromatic heterocycles. The highest BCUT2D eigenvalue weighted by molar-refractivity contribution is 5.38. The maximum absolute atomic E-state index is 5.70. The molecule has 112 valence electrons. The molecule has 0 fully saturated rings. The highest BCUT2D eigenvalue weighted by Gasteiger charge is 2.09. The van der Waals surface area contributed by atoms with Gasteiger partial charge in [-0.25, -0.2) is 0 Å². The summed E-state index contributed by atoms with van der Waals surface area (Å²) in [5, 5.41) is 3.53. The largest absolute Gasteiger partial charge is 0.492 e. The molecule has 2 aromatic rings. The Labute approximate surface area is 128 Å². The number of hydrogen-bond acceptors (Lipinski definition) is 2. The van der Waals surface area contributed by atoms with Crippen LogP contribution in [0.4, 0.5) is 0 Å². The predicted octanol–water partition coefficient (Wildman–Crippen LogP) is 4.34. The maximum atomic E-state index is 5.70. The van der Waals surface area contributed by atoms with E-state index in [0.717, 1.165) is 12.3 Å². The van der Waals surface area contributed by atoms with Gasteiger partial charge in [0.1, 0.15) is 12.4 Å². The van der Waals surface area contributed by atoms with Crippen LogP contribution in [0.25, 0.3) is 0 Å². The Morgan fingerprint density at radius 3 is 2.33 bits per heavy atom. The first-order valence-electron chi connectivity index (χ1n) is 7.57. The summed E-state index contributed by atoms with van der Waals surface area (Å²) in [4.78, 5) is 0. The normalized spacial score (nSPS) is 12.2. The van der Waals surface area contributed by atoms with Gasteiger partial charge in [-0.2, -0.15) is 0 Å². The smallest absolute Gasteiger partial charge is 0.119 e. The average molecular weight is 283 g/mol. The highest BCUT2D eigenvalue weighted by atomic mass is 16.5. The summed E-state index contributed by atoms with van der Waals surface area (Å²) in [6.07, 6.45) is 0. The molecule has 1 atom stereocenters. The first-order chi connectivity index (χ1) is 10.1. The van der Waals surface area contributed by atoms with E-state index >= 15 is 0 Å². The van der Waals surface area contributed by atoms with Crippen LogP contribution in [0.1, 0.15) is 35.2 Å². The standard InChI is InChI=1S/C19H25NO/c1-14-12-16(3)19(13-15(14)2)17(4)20-10-11-21-18-8-6-5-7-9-18/h5-9,12-13,17,20H,10-11H2,1-4H3. The zero-order valence-corrected chi connectivity index (χ0v) is 13.4. The fraction of sp³-hybridized carbons (Fsp3) is 0.368. The summed E-state index contributed by atoms with van der Waals surface area (Å²) < 4.78 is 5.70. The van der Waals surface area contributed by atoms with E-state index in [4.69, 9.17) is 4.74 Å². The Morgan fingerprint density at radius 1 is 0.952 bits per heavy atom. The predicted molar refractivity (Wildman–Crippen MR) is 89.0 cm³/mol. The molecule has 0 spiro atoms. The molecule has 0 heterocycles. The molecule has 0 bridgehead atoms. The molecule has 2 aromatic carbocycles. The molecule has 0 aliphatic heterocycles. The molecule has 0 aliphatic carbocycles. The Morgan fingerprint density at radius 2 is 1.62 bits per heavy atom. The molecule has 1 unspecified atom stereocenters. The van der Waals surface area contributed by atoms with E-state index in [1.807, 2.05) is 30.3 Å². The van der Waals surface area contributed by atoms with E-state index in [1.54, 1.807) is 0 Å². The molecule has 0 saturated heterocycles. The quantitative estimate of drug-likeness (QED) is 0.796. The van der Waals surface area contributed by atoms with Crippen LogP contribution in [0.2, 0.25) is 0 Å². The number of benzene rings is 2. The van der Waals surface area contributed by atoms with Crippen LogP contribution in [0.3, 0.4) is 0 Å². The first-order valence-corrected chi connectivity index (χ1v) is 7.57. The van der Waals surface area contributed by atoms with Gasteiger partial charge in [-0.3, -0.25) is 0 Å². The molecule has 2 heteroatoms. The summed E-state index contributed by atoms with van der Waals surface area (Å²) in [7, 11) is 0. The second-order valence-corrected chi connectivity index (χ2v) is 5.63. The molecular formula is C19H25NO. The van der Waals surface area contributed by atoms with E-state index in [2.05, 4.69) is 45.1 Å². The lowest BCUT2D eigenvalue weighted by Crippen LogP contribution is -2.25. The summed E-state index contributed by atoms with van der Waals surface area (Å²) in [6, 6.07) is 14.8. The molecule has 0 saturated carbocycles. The number of ether oxygens (including phenoxy) is 1. The fourth-order valence-electron chi connectivity index (χ4n) is 2.52. The molecule has 2 nitrogen and oxygen atoms in total. The van der Waals surface area contributed by atoms with Gasteiger partial charge in [0.15, 0.2) is 0 Å². The van der Waals surface area contributed by atoms with Crippen molar-refractivity contribution in [1.82, 2.24) is 5.32 Å². The zero-order valence-electron chi connectivity index (χ0n) is 13.4. The molecule has 1 N–H and O–H groups in total.